The lowest BCUT2D eigenvalue weighted by Gasteiger charge is -2.18. The highest BCUT2D eigenvalue weighted by molar-refractivity contribution is 14.1. The van der Waals surface area contributed by atoms with Gasteiger partial charge in [0.05, 0.1) is 9.83 Å². The van der Waals surface area contributed by atoms with Crippen LogP contribution in [0.15, 0.2) is 28.1 Å². The average molecular weight is 457 g/mol. The van der Waals surface area contributed by atoms with Crippen molar-refractivity contribution in [2.45, 2.75) is 13.0 Å². The predicted molar refractivity (Wildman–Crippen MR) is 91.8 cm³/mol. The first kappa shape index (κ1) is 14.8. The second-order valence-corrected chi connectivity index (χ2v) is 8.18. The molecule has 0 amide bonds. The highest BCUT2D eigenvalue weighted by Gasteiger charge is 2.19. The highest BCUT2D eigenvalue weighted by Crippen LogP contribution is 2.35. The van der Waals surface area contributed by atoms with E-state index >= 15 is 0 Å². The zero-order valence-corrected chi connectivity index (χ0v) is 15.2. The van der Waals surface area contributed by atoms with Gasteiger partial charge in [-0.05, 0) is 87.9 Å². The normalized spacial score (nSPS) is 12.7. The minimum absolute atomic E-state index is 0.179. The summed E-state index contributed by atoms with van der Waals surface area (Å²) in [7, 11) is 1.98. The molecule has 1 N–H and O–H groups in total. The van der Waals surface area contributed by atoms with E-state index in [1.807, 2.05) is 19.2 Å². The lowest BCUT2D eigenvalue weighted by atomic mass is 10.00. The fraction of sp³-hybridized carbons (Fsp3) is 0.231. The van der Waals surface area contributed by atoms with Crippen LogP contribution in [0.25, 0.3) is 0 Å². The fourth-order valence-electron chi connectivity index (χ4n) is 1.96. The molecule has 2 aromatic rings. The van der Waals surface area contributed by atoms with Crippen LogP contribution in [-0.2, 0) is 0 Å². The van der Waals surface area contributed by atoms with E-state index in [1.54, 1.807) is 11.3 Å². The highest BCUT2D eigenvalue weighted by atomic mass is 127. The van der Waals surface area contributed by atoms with Gasteiger partial charge in [0.2, 0.25) is 0 Å². The van der Waals surface area contributed by atoms with Crippen molar-refractivity contribution >= 4 is 61.5 Å². The molecule has 5 heteroatoms. The fourth-order valence-corrected chi connectivity index (χ4v) is 4.54. The van der Waals surface area contributed by atoms with E-state index in [-0.39, 0.29) is 6.04 Å². The number of halogens is 3. The predicted octanol–water partition coefficient (Wildman–Crippen LogP) is 5.39. The molecule has 0 radical (unpaired) electrons. The van der Waals surface area contributed by atoms with Crippen molar-refractivity contribution in [1.82, 2.24) is 5.32 Å². The van der Waals surface area contributed by atoms with E-state index in [0.29, 0.717) is 0 Å². The molecule has 1 heterocycles. The van der Waals surface area contributed by atoms with Gasteiger partial charge in [-0.1, -0.05) is 11.6 Å². The Labute approximate surface area is 138 Å². The van der Waals surface area contributed by atoms with Crippen molar-refractivity contribution in [3.8, 4) is 0 Å². The second kappa shape index (κ2) is 6.22. The van der Waals surface area contributed by atoms with Gasteiger partial charge in [0, 0.05) is 13.5 Å². The van der Waals surface area contributed by atoms with Gasteiger partial charge in [-0.2, -0.15) is 0 Å². The van der Waals surface area contributed by atoms with Crippen molar-refractivity contribution < 1.29 is 0 Å². The summed E-state index contributed by atoms with van der Waals surface area (Å²) < 4.78 is 2.38. The van der Waals surface area contributed by atoms with Crippen LogP contribution in [0, 0.1) is 10.5 Å². The number of aryl methyl sites for hydroxylation is 1. The number of hydrogen-bond donors (Lipinski definition) is 1. The number of nitrogens with one attached hydrogen (secondary N) is 1. The molecule has 96 valence electrons. The van der Waals surface area contributed by atoms with Gasteiger partial charge >= 0.3 is 0 Å². The molecule has 0 aliphatic carbocycles. The maximum atomic E-state index is 6.11. The molecule has 1 nitrogen and oxygen atoms in total. The molecule has 0 aliphatic heterocycles. The van der Waals surface area contributed by atoms with Gasteiger partial charge in [-0.3, -0.25) is 0 Å². The first-order valence-electron chi connectivity index (χ1n) is 5.41. The van der Waals surface area contributed by atoms with Crippen LogP contribution in [0.4, 0.5) is 0 Å². The molecule has 0 aliphatic rings. The molecule has 0 saturated heterocycles. The molecular formula is C13H12BrClINS. The molecular weight excluding hydrogens is 444 g/mol. The monoisotopic (exact) mass is 455 g/mol. The van der Waals surface area contributed by atoms with Crippen LogP contribution in [0.5, 0.6) is 0 Å². The Bertz CT molecular complexity index is 570. The Morgan fingerprint density at radius 1 is 1.33 bits per heavy atom. The number of thiophene rings is 1. The minimum Gasteiger partial charge on any atom is -0.309 e. The van der Waals surface area contributed by atoms with Gasteiger partial charge in [0.1, 0.15) is 0 Å². The van der Waals surface area contributed by atoms with Crippen LogP contribution in [0.1, 0.15) is 22.0 Å². The largest absolute Gasteiger partial charge is 0.309 e. The number of hydrogen-bond acceptors (Lipinski definition) is 2. The van der Waals surface area contributed by atoms with Gasteiger partial charge in [-0.25, -0.2) is 0 Å². The van der Waals surface area contributed by atoms with Gasteiger partial charge in [-0.15, -0.1) is 11.3 Å². The minimum atomic E-state index is 0.179. The van der Waals surface area contributed by atoms with Crippen molar-refractivity contribution in [1.29, 1.82) is 0 Å². The standard InChI is InChI=1S/C13H12BrClINS/c1-7-9(6-12(14)18-7)13(17-2)10-5-8(15)3-4-11(10)16/h3-6,13,17H,1-2H3. The van der Waals surface area contributed by atoms with E-state index in [1.165, 1.54) is 19.6 Å². The Morgan fingerprint density at radius 2 is 2.06 bits per heavy atom. The average Bonchev–Trinajstić information content (AvgIpc) is 2.64. The summed E-state index contributed by atoms with van der Waals surface area (Å²) in [6.07, 6.45) is 0. The summed E-state index contributed by atoms with van der Waals surface area (Å²) in [6.45, 7) is 2.15. The molecule has 1 aromatic carbocycles. The zero-order chi connectivity index (χ0) is 13.3. The molecule has 1 atom stereocenters. The van der Waals surface area contributed by atoms with Crippen molar-refractivity contribution in [3.63, 3.8) is 0 Å². The Morgan fingerprint density at radius 3 is 2.61 bits per heavy atom. The Kier molecular flexibility index (Phi) is 5.11. The summed E-state index contributed by atoms with van der Waals surface area (Å²) in [6, 6.07) is 8.38. The Hall–Kier alpha value is 0.380. The van der Waals surface area contributed by atoms with Gasteiger partial charge in [0.15, 0.2) is 0 Å². The van der Waals surface area contributed by atoms with Gasteiger partial charge in [0.25, 0.3) is 0 Å². The summed E-state index contributed by atoms with van der Waals surface area (Å²) in [5, 5.41) is 4.15. The van der Waals surface area contributed by atoms with E-state index in [9.17, 15) is 0 Å². The lowest BCUT2D eigenvalue weighted by molar-refractivity contribution is 0.687. The summed E-state index contributed by atoms with van der Waals surface area (Å²) >= 11 is 13.8. The van der Waals surface area contributed by atoms with Crippen molar-refractivity contribution in [3.05, 3.63) is 52.6 Å². The molecule has 1 aromatic heterocycles. The van der Waals surface area contributed by atoms with Gasteiger partial charge < -0.3 is 5.32 Å². The van der Waals surface area contributed by atoms with E-state index in [0.717, 1.165) is 8.81 Å². The lowest BCUT2D eigenvalue weighted by Crippen LogP contribution is -2.18. The van der Waals surface area contributed by atoms with Crippen LogP contribution >= 0.6 is 61.5 Å². The summed E-state index contributed by atoms with van der Waals surface area (Å²) in [4.78, 5) is 1.32. The molecule has 0 spiro atoms. The van der Waals surface area contributed by atoms with Crippen molar-refractivity contribution in [2.24, 2.45) is 0 Å². The third kappa shape index (κ3) is 3.10. The maximum Gasteiger partial charge on any atom is 0.0704 e. The van der Waals surface area contributed by atoms with Crippen molar-refractivity contribution in [2.75, 3.05) is 7.05 Å². The SMILES string of the molecule is CNC(c1cc(Cl)ccc1I)c1cc(Br)sc1C. The number of benzene rings is 1. The molecule has 0 saturated carbocycles. The quantitative estimate of drug-likeness (QED) is 0.611. The van der Waals surface area contributed by atoms with E-state index in [2.05, 4.69) is 62.9 Å². The summed E-state index contributed by atoms with van der Waals surface area (Å²) in [5.74, 6) is 0. The molecule has 0 bridgehead atoms. The number of rotatable bonds is 3. The smallest absolute Gasteiger partial charge is 0.0704 e. The molecule has 18 heavy (non-hydrogen) atoms. The third-order valence-electron chi connectivity index (χ3n) is 2.79. The first-order valence-corrected chi connectivity index (χ1v) is 8.47. The maximum absolute atomic E-state index is 6.11. The molecule has 1 unspecified atom stereocenters. The van der Waals surface area contributed by atoms with Crippen LogP contribution in [0.3, 0.4) is 0 Å². The Balaban J connectivity index is 2.51. The second-order valence-electron chi connectivity index (χ2n) is 3.95. The van der Waals surface area contributed by atoms with E-state index < -0.39 is 0 Å². The molecule has 0 fully saturated rings. The van der Waals surface area contributed by atoms with E-state index in [4.69, 9.17) is 11.6 Å². The van der Waals surface area contributed by atoms with Crippen LogP contribution in [0.2, 0.25) is 5.02 Å². The third-order valence-corrected chi connectivity index (χ3v) is 5.58. The topological polar surface area (TPSA) is 12.0 Å². The van der Waals surface area contributed by atoms with Crippen LogP contribution in [-0.4, -0.2) is 7.05 Å². The molecule has 2 rings (SSSR count). The first-order chi connectivity index (χ1) is 8.52. The summed E-state index contributed by atoms with van der Waals surface area (Å²) in [5.41, 5.74) is 2.52. The van der Waals surface area contributed by atoms with Crippen LogP contribution < -0.4 is 5.32 Å². The zero-order valence-electron chi connectivity index (χ0n) is 9.93.